The molecule has 0 saturated carbocycles. The number of benzene rings is 1. The first-order chi connectivity index (χ1) is 11.7. The number of nitrogens with zero attached hydrogens (tertiary/aromatic N) is 1. The normalized spacial score (nSPS) is 12.5. The first kappa shape index (κ1) is 19.5. The molecule has 25 heavy (non-hydrogen) atoms. The van der Waals surface area contributed by atoms with Crippen LogP contribution in [0.25, 0.3) is 0 Å². The number of carbonyl (C=O) groups is 2. The van der Waals surface area contributed by atoms with Crippen LogP contribution in [0.5, 0.6) is 0 Å². The number of rotatable bonds is 5. The van der Waals surface area contributed by atoms with Crippen LogP contribution in [0.2, 0.25) is 5.02 Å². The van der Waals surface area contributed by atoms with E-state index < -0.39 is 5.41 Å². The number of pyridine rings is 1. The molecular formula is C19H21ClN2O2S. The van der Waals surface area contributed by atoms with E-state index in [0.29, 0.717) is 16.3 Å². The van der Waals surface area contributed by atoms with Gasteiger partial charge in [-0.25, -0.2) is 4.98 Å². The molecule has 2 aromatic rings. The highest BCUT2D eigenvalue weighted by Crippen LogP contribution is 2.25. The van der Waals surface area contributed by atoms with Crippen molar-refractivity contribution in [2.45, 2.75) is 38.0 Å². The van der Waals surface area contributed by atoms with Crippen molar-refractivity contribution in [3.05, 3.63) is 53.2 Å². The van der Waals surface area contributed by atoms with Crippen molar-refractivity contribution in [2.24, 2.45) is 5.41 Å². The number of Topliss-reactive ketones (excluding diaryl/α,β-unsaturated/α-hetero) is 1. The lowest BCUT2D eigenvalue weighted by Crippen LogP contribution is -2.27. The van der Waals surface area contributed by atoms with Crippen LogP contribution < -0.4 is 5.32 Å². The van der Waals surface area contributed by atoms with Gasteiger partial charge in [0, 0.05) is 22.9 Å². The summed E-state index contributed by atoms with van der Waals surface area (Å²) in [4.78, 5) is 28.7. The quantitative estimate of drug-likeness (QED) is 0.583. The molecule has 0 bridgehead atoms. The third kappa shape index (κ3) is 5.58. The first-order valence-electron chi connectivity index (χ1n) is 7.91. The fourth-order valence-electron chi connectivity index (χ4n) is 1.94. The summed E-state index contributed by atoms with van der Waals surface area (Å²) in [5, 5.41) is 3.89. The third-order valence-corrected chi connectivity index (χ3v) is 4.75. The summed E-state index contributed by atoms with van der Waals surface area (Å²) in [7, 11) is 0. The zero-order valence-corrected chi connectivity index (χ0v) is 16.2. The van der Waals surface area contributed by atoms with E-state index in [0.717, 1.165) is 5.03 Å². The van der Waals surface area contributed by atoms with Gasteiger partial charge in [0.15, 0.2) is 5.78 Å². The highest BCUT2D eigenvalue weighted by molar-refractivity contribution is 8.00. The summed E-state index contributed by atoms with van der Waals surface area (Å²) in [5.74, 6) is -0.0558. The van der Waals surface area contributed by atoms with E-state index in [-0.39, 0.29) is 16.9 Å². The number of anilines is 1. The van der Waals surface area contributed by atoms with Crippen LogP contribution in [-0.2, 0) is 4.79 Å². The number of carbonyl (C=O) groups excluding carboxylic acids is 2. The monoisotopic (exact) mass is 376 g/mol. The van der Waals surface area contributed by atoms with E-state index in [2.05, 4.69) is 10.3 Å². The molecule has 0 saturated heterocycles. The molecule has 1 aromatic carbocycles. The lowest BCUT2D eigenvalue weighted by molar-refractivity contribution is -0.123. The maximum Gasteiger partial charge on any atom is 0.229 e. The minimum Gasteiger partial charge on any atom is -0.326 e. The van der Waals surface area contributed by atoms with Gasteiger partial charge in [0.05, 0.1) is 15.3 Å². The molecule has 132 valence electrons. The predicted octanol–water partition coefficient (Wildman–Crippen LogP) is 5.08. The number of halogens is 1. The zero-order chi connectivity index (χ0) is 18.6. The van der Waals surface area contributed by atoms with Gasteiger partial charge < -0.3 is 5.32 Å². The highest BCUT2D eigenvalue weighted by Gasteiger charge is 2.21. The summed E-state index contributed by atoms with van der Waals surface area (Å²) in [6.07, 6.45) is 1.56. The number of ketones is 1. The van der Waals surface area contributed by atoms with Crippen LogP contribution in [0.3, 0.4) is 0 Å². The van der Waals surface area contributed by atoms with Crippen molar-refractivity contribution in [1.29, 1.82) is 0 Å². The molecule has 0 aliphatic rings. The molecule has 0 aliphatic carbocycles. The molecule has 1 atom stereocenters. The summed E-state index contributed by atoms with van der Waals surface area (Å²) in [5.41, 5.74) is 0.810. The molecule has 0 spiro atoms. The summed E-state index contributed by atoms with van der Waals surface area (Å²) >= 11 is 7.20. The second-order valence-electron chi connectivity index (χ2n) is 6.72. The van der Waals surface area contributed by atoms with Gasteiger partial charge in [-0.1, -0.05) is 44.1 Å². The smallest absolute Gasteiger partial charge is 0.229 e. The first-order valence-corrected chi connectivity index (χ1v) is 9.16. The lowest BCUT2D eigenvalue weighted by atomic mass is 9.95. The minimum atomic E-state index is -0.467. The average Bonchev–Trinajstić information content (AvgIpc) is 2.56. The van der Waals surface area contributed by atoms with Crippen molar-refractivity contribution in [3.8, 4) is 0 Å². The Kier molecular flexibility index (Phi) is 6.25. The van der Waals surface area contributed by atoms with E-state index in [4.69, 9.17) is 11.6 Å². The number of hydrogen-bond donors (Lipinski definition) is 1. The van der Waals surface area contributed by atoms with E-state index in [1.807, 2.05) is 27.7 Å². The van der Waals surface area contributed by atoms with Gasteiger partial charge in [-0.2, -0.15) is 0 Å². The molecule has 6 heteroatoms. The highest BCUT2D eigenvalue weighted by atomic mass is 35.5. The Morgan fingerprint density at radius 2 is 1.76 bits per heavy atom. The Balaban J connectivity index is 2.02. The van der Waals surface area contributed by atoms with Crippen molar-refractivity contribution >= 4 is 40.7 Å². The molecule has 4 nitrogen and oxygen atoms in total. The van der Waals surface area contributed by atoms with Crippen LogP contribution >= 0.6 is 23.4 Å². The fourth-order valence-corrected chi connectivity index (χ4v) is 2.92. The molecule has 1 aromatic heterocycles. The van der Waals surface area contributed by atoms with Gasteiger partial charge in [0.2, 0.25) is 5.91 Å². The Morgan fingerprint density at radius 1 is 1.12 bits per heavy atom. The molecular weight excluding hydrogens is 356 g/mol. The van der Waals surface area contributed by atoms with Gasteiger partial charge in [-0.3, -0.25) is 9.59 Å². The Bertz CT molecular complexity index is 752. The largest absolute Gasteiger partial charge is 0.326 e. The van der Waals surface area contributed by atoms with Gasteiger partial charge in [-0.05, 0) is 43.3 Å². The molecule has 1 amide bonds. The van der Waals surface area contributed by atoms with Gasteiger partial charge in [0.1, 0.15) is 0 Å². The maximum atomic E-state index is 12.5. The van der Waals surface area contributed by atoms with Crippen LogP contribution in [0.15, 0.2) is 47.6 Å². The van der Waals surface area contributed by atoms with E-state index >= 15 is 0 Å². The third-order valence-electron chi connectivity index (χ3n) is 3.48. The van der Waals surface area contributed by atoms with Crippen LogP contribution in [0, 0.1) is 5.41 Å². The second-order valence-corrected chi connectivity index (χ2v) is 8.52. The zero-order valence-electron chi connectivity index (χ0n) is 14.7. The van der Waals surface area contributed by atoms with Crippen molar-refractivity contribution in [1.82, 2.24) is 4.98 Å². The van der Waals surface area contributed by atoms with Gasteiger partial charge in [-0.15, -0.1) is 0 Å². The topological polar surface area (TPSA) is 59.1 Å². The fraction of sp³-hybridized carbons (Fsp3) is 0.316. The minimum absolute atomic E-state index is 0.00967. The van der Waals surface area contributed by atoms with Gasteiger partial charge >= 0.3 is 0 Å². The summed E-state index contributed by atoms with van der Waals surface area (Å²) < 4.78 is 0. The number of thioether (sulfide) groups is 1. The number of nitrogens with one attached hydrogen (secondary N) is 1. The van der Waals surface area contributed by atoms with Gasteiger partial charge in [0.25, 0.3) is 0 Å². The molecule has 0 fully saturated rings. The Hall–Kier alpha value is -1.85. The predicted molar refractivity (Wildman–Crippen MR) is 103 cm³/mol. The molecule has 0 radical (unpaired) electrons. The van der Waals surface area contributed by atoms with E-state index in [1.54, 1.807) is 42.6 Å². The van der Waals surface area contributed by atoms with Crippen molar-refractivity contribution < 1.29 is 9.59 Å². The molecule has 2 rings (SSSR count). The van der Waals surface area contributed by atoms with Crippen molar-refractivity contribution in [2.75, 3.05) is 5.32 Å². The lowest BCUT2D eigenvalue weighted by Gasteiger charge is -2.17. The molecule has 1 N–H and O–H groups in total. The summed E-state index contributed by atoms with van der Waals surface area (Å²) in [6.45, 7) is 7.40. The summed E-state index contributed by atoms with van der Waals surface area (Å²) in [6, 6.07) is 10.5. The standard InChI is InChI=1S/C19H21ClN2O2S/c1-12(25-16-10-7-14(20)11-21-16)17(23)13-5-8-15(9-6-13)22-18(24)19(2,3)4/h5-12H,1-4H3,(H,22,24). The number of aromatic nitrogens is 1. The van der Waals surface area contributed by atoms with Crippen LogP contribution in [-0.4, -0.2) is 21.9 Å². The molecule has 1 heterocycles. The SMILES string of the molecule is CC(Sc1ccc(Cl)cn1)C(=O)c1ccc(NC(=O)C(C)(C)C)cc1. The Labute approximate surface area is 157 Å². The van der Waals surface area contributed by atoms with E-state index in [9.17, 15) is 9.59 Å². The second kappa shape index (κ2) is 8.02. The van der Waals surface area contributed by atoms with E-state index in [1.165, 1.54) is 11.8 Å². The average molecular weight is 377 g/mol. The molecule has 0 aliphatic heterocycles. The maximum absolute atomic E-state index is 12.5. The van der Waals surface area contributed by atoms with Crippen LogP contribution in [0.4, 0.5) is 5.69 Å². The number of hydrogen-bond acceptors (Lipinski definition) is 4. The van der Waals surface area contributed by atoms with Crippen molar-refractivity contribution in [3.63, 3.8) is 0 Å². The Morgan fingerprint density at radius 3 is 2.28 bits per heavy atom. The molecule has 1 unspecified atom stereocenters. The number of amides is 1. The van der Waals surface area contributed by atoms with Crippen LogP contribution in [0.1, 0.15) is 38.1 Å².